The van der Waals surface area contributed by atoms with E-state index < -0.39 is 23.6 Å². The van der Waals surface area contributed by atoms with E-state index in [0.717, 1.165) is 18.3 Å². The van der Waals surface area contributed by atoms with E-state index in [-0.39, 0.29) is 11.3 Å². The lowest BCUT2D eigenvalue weighted by Crippen LogP contribution is -2.09. The Bertz CT molecular complexity index is 661. The van der Waals surface area contributed by atoms with Gasteiger partial charge in [0.1, 0.15) is 5.92 Å². The third kappa shape index (κ3) is 2.74. The van der Waals surface area contributed by atoms with E-state index >= 15 is 0 Å². The van der Waals surface area contributed by atoms with Crippen molar-refractivity contribution < 1.29 is 17.6 Å². The summed E-state index contributed by atoms with van der Waals surface area (Å²) in [5.41, 5.74) is -1.22. The molecule has 0 radical (unpaired) electrons. The molecule has 0 aliphatic rings. The highest BCUT2D eigenvalue weighted by Crippen LogP contribution is 2.32. The fourth-order valence-corrected chi connectivity index (χ4v) is 1.69. The Hall–Kier alpha value is -2.49. The fourth-order valence-electron chi connectivity index (χ4n) is 1.69. The molecule has 0 aliphatic heterocycles. The summed E-state index contributed by atoms with van der Waals surface area (Å²) in [7, 11) is 0. The van der Waals surface area contributed by atoms with Crippen LogP contribution in [-0.2, 0) is 6.18 Å². The molecule has 0 bridgehead atoms. The largest absolute Gasteiger partial charge is 0.416 e. The van der Waals surface area contributed by atoms with Gasteiger partial charge in [-0.1, -0.05) is 6.07 Å². The molecule has 3 nitrogen and oxygen atoms in total. The van der Waals surface area contributed by atoms with E-state index in [1.807, 2.05) is 0 Å². The minimum Gasteiger partial charge on any atom is -0.260 e. The van der Waals surface area contributed by atoms with Gasteiger partial charge in [-0.25, -0.2) is 4.98 Å². The normalized spacial score (nSPS) is 12.8. The van der Waals surface area contributed by atoms with E-state index in [2.05, 4.69) is 9.97 Å². The van der Waals surface area contributed by atoms with Crippen LogP contribution in [0.4, 0.5) is 17.6 Å². The number of alkyl halides is 3. The minimum atomic E-state index is -4.55. The van der Waals surface area contributed by atoms with E-state index in [4.69, 9.17) is 5.26 Å². The maximum atomic E-state index is 13.5. The molecule has 1 atom stereocenters. The van der Waals surface area contributed by atoms with Crippen LogP contribution < -0.4 is 0 Å². The first kappa shape index (κ1) is 13.9. The average Bonchev–Trinajstić information content (AvgIpc) is 2.41. The van der Waals surface area contributed by atoms with Crippen molar-refractivity contribution in [1.82, 2.24) is 9.97 Å². The first-order valence-electron chi connectivity index (χ1n) is 5.46. The highest BCUT2D eigenvalue weighted by atomic mass is 19.4. The zero-order valence-corrected chi connectivity index (χ0v) is 9.89. The lowest BCUT2D eigenvalue weighted by Gasteiger charge is -2.12. The number of rotatable bonds is 2. The predicted octanol–water partition coefficient (Wildman–Crippen LogP) is 3.29. The second kappa shape index (κ2) is 5.25. The maximum absolute atomic E-state index is 13.5. The lowest BCUT2D eigenvalue weighted by molar-refractivity contribution is -0.137. The van der Waals surface area contributed by atoms with Crippen LogP contribution in [0, 0.1) is 17.3 Å². The van der Waals surface area contributed by atoms with Gasteiger partial charge < -0.3 is 0 Å². The molecule has 0 saturated heterocycles. The zero-order chi connectivity index (χ0) is 14.8. The number of aromatic nitrogens is 2. The van der Waals surface area contributed by atoms with Crippen molar-refractivity contribution in [3.8, 4) is 6.07 Å². The molecule has 0 saturated carbocycles. The fraction of sp³-hybridized carbons (Fsp3) is 0.154. The van der Waals surface area contributed by atoms with Crippen LogP contribution in [0.1, 0.15) is 22.7 Å². The SMILES string of the molecule is N#CC(c1cc(C(F)(F)F)ccn1)c1cccnc1F. The van der Waals surface area contributed by atoms with E-state index in [1.54, 1.807) is 6.07 Å². The van der Waals surface area contributed by atoms with Gasteiger partial charge in [0.2, 0.25) is 5.95 Å². The molecule has 0 N–H and O–H groups in total. The second-order valence-corrected chi connectivity index (χ2v) is 3.91. The number of nitriles is 1. The molecule has 0 aromatic carbocycles. The summed E-state index contributed by atoms with van der Waals surface area (Å²) >= 11 is 0. The monoisotopic (exact) mass is 281 g/mol. The van der Waals surface area contributed by atoms with Crippen molar-refractivity contribution >= 4 is 0 Å². The number of halogens is 4. The number of hydrogen-bond donors (Lipinski definition) is 0. The number of hydrogen-bond acceptors (Lipinski definition) is 3. The van der Waals surface area contributed by atoms with Gasteiger partial charge in [0.05, 0.1) is 17.3 Å². The van der Waals surface area contributed by atoms with Gasteiger partial charge in [0.15, 0.2) is 0 Å². The lowest BCUT2D eigenvalue weighted by atomic mass is 9.97. The summed E-state index contributed by atoms with van der Waals surface area (Å²) < 4.78 is 51.4. The summed E-state index contributed by atoms with van der Waals surface area (Å²) in [6.45, 7) is 0. The summed E-state index contributed by atoms with van der Waals surface area (Å²) in [5.74, 6) is -2.15. The van der Waals surface area contributed by atoms with Crippen molar-refractivity contribution in [2.24, 2.45) is 0 Å². The first-order valence-corrected chi connectivity index (χ1v) is 5.46. The van der Waals surface area contributed by atoms with Crippen LogP contribution in [0.3, 0.4) is 0 Å². The molecule has 7 heteroatoms. The van der Waals surface area contributed by atoms with Crippen LogP contribution in [0.15, 0.2) is 36.7 Å². The number of pyridine rings is 2. The molecule has 0 amide bonds. The van der Waals surface area contributed by atoms with Crippen molar-refractivity contribution in [2.45, 2.75) is 12.1 Å². The van der Waals surface area contributed by atoms with Gasteiger partial charge in [-0.3, -0.25) is 4.98 Å². The Morgan fingerprint density at radius 1 is 1.15 bits per heavy atom. The summed E-state index contributed by atoms with van der Waals surface area (Å²) in [6, 6.07) is 5.96. The Labute approximate surface area is 111 Å². The van der Waals surface area contributed by atoms with Crippen LogP contribution in [-0.4, -0.2) is 9.97 Å². The predicted molar refractivity (Wildman–Crippen MR) is 60.9 cm³/mol. The Morgan fingerprint density at radius 2 is 1.90 bits per heavy atom. The molecule has 0 aliphatic carbocycles. The molecule has 20 heavy (non-hydrogen) atoms. The molecular weight excluding hydrogens is 274 g/mol. The van der Waals surface area contributed by atoms with Gasteiger partial charge in [-0.15, -0.1) is 0 Å². The van der Waals surface area contributed by atoms with Gasteiger partial charge in [0.25, 0.3) is 0 Å². The molecule has 2 aromatic heterocycles. The molecule has 2 rings (SSSR count). The van der Waals surface area contributed by atoms with Crippen molar-refractivity contribution in [3.63, 3.8) is 0 Å². The maximum Gasteiger partial charge on any atom is 0.416 e. The molecule has 0 spiro atoms. The highest BCUT2D eigenvalue weighted by Gasteiger charge is 2.32. The van der Waals surface area contributed by atoms with E-state index in [9.17, 15) is 17.6 Å². The minimum absolute atomic E-state index is 0.109. The van der Waals surface area contributed by atoms with Crippen LogP contribution >= 0.6 is 0 Å². The zero-order valence-electron chi connectivity index (χ0n) is 9.89. The van der Waals surface area contributed by atoms with Gasteiger partial charge in [0, 0.05) is 18.0 Å². The van der Waals surface area contributed by atoms with Crippen LogP contribution in [0.25, 0.3) is 0 Å². The van der Waals surface area contributed by atoms with Crippen LogP contribution in [0.5, 0.6) is 0 Å². The third-order valence-electron chi connectivity index (χ3n) is 2.63. The average molecular weight is 281 g/mol. The smallest absolute Gasteiger partial charge is 0.260 e. The Balaban J connectivity index is 2.49. The Kier molecular flexibility index (Phi) is 3.66. The second-order valence-electron chi connectivity index (χ2n) is 3.91. The summed E-state index contributed by atoms with van der Waals surface area (Å²) in [6.07, 6.45) is -2.42. The van der Waals surface area contributed by atoms with Crippen molar-refractivity contribution in [1.29, 1.82) is 5.26 Å². The third-order valence-corrected chi connectivity index (χ3v) is 2.63. The molecule has 102 valence electrons. The molecule has 2 heterocycles. The number of nitrogens with zero attached hydrogens (tertiary/aromatic N) is 3. The highest BCUT2D eigenvalue weighted by molar-refractivity contribution is 5.35. The topological polar surface area (TPSA) is 49.6 Å². The van der Waals surface area contributed by atoms with E-state index in [0.29, 0.717) is 0 Å². The molecule has 1 unspecified atom stereocenters. The first-order chi connectivity index (χ1) is 9.43. The molecular formula is C13H7F4N3. The Morgan fingerprint density at radius 3 is 2.50 bits per heavy atom. The van der Waals surface area contributed by atoms with Crippen molar-refractivity contribution in [2.75, 3.05) is 0 Å². The molecule has 0 fully saturated rings. The van der Waals surface area contributed by atoms with Crippen LogP contribution in [0.2, 0.25) is 0 Å². The quantitative estimate of drug-likeness (QED) is 0.627. The van der Waals surface area contributed by atoms with E-state index in [1.165, 1.54) is 18.3 Å². The summed E-state index contributed by atoms with van der Waals surface area (Å²) in [5, 5.41) is 9.09. The van der Waals surface area contributed by atoms with Crippen molar-refractivity contribution in [3.05, 3.63) is 59.4 Å². The standard InChI is InChI=1S/C13H7F4N3/c14-12-9(2-1-4-20-12)10(7-18)11-6-8(3-5-19-11)13(15,16)17/h1-6,10H. The van der Waals surface area contributed by atoms with Gasteiger partial charge in [-0.05, 0) is 18.2 Å². The summed E-state index contributed by atoms with van der Waals surface area (Å²) in [4.78, 5) is 7.10. The van der Waals surface area contributed by atoms with Gasteiger partial charge in [-0.2, -0.15) is 22.8 Å². The molecule has 2 aromatic rings. The van der Waals surface area contributed by atoms with Gasteiger partial charge >= 0.3 is 6.18 Å².